The molecule has 2 atom stereocenters. The van der Waals surface area contributed by atoms with Crippen molar-refractivity contribution in [3.63, 3.8) is 0 Å². The van der Waals surface area contributed by atoms with Gasteiger partial charge in [-0.25, -0.2) is 9.37 Å². The topological polar surface area (TPSA) is 77.2 Å². The summed E-state index contributed by atoms with van der Waals surface area (Å²) >= 11 is 6.10. The van der Waals surface area contributed by atoms with E-state index in [-0.39, 0.29) is 35.2 Å². The lowest BCUT2D eigenvalue weighted by Crippen LogP contribution is -2.34. The molecule has 0 aliphatic rings. The van der Waals surface area contributed by atoms with Crippen molar-refractivity contribution in [2.24, 2.45) is 5.73 Å². The molecule has 2 rings (SSSR count). The molecule has 0 fully saturated rings. The van der Waals surface area contributed by atoms with Crippen molar-refractivity contribution in [2.45, 2.75) is 38.8 Å². The van der Waals surface area contributed by atoms with Gasteiger partial charge in [-0.1, -0.05) is 30.7 Å². The second-order valence-corrected chi connectivity index (χ2v) is 6.16. The van der Waals surface area contributed by atoms with Gasteiger partial charge in [-0.05, 0) is 25.5 Å². The number of hydrogen-bond acceptors (Lipinski definition) is 4. The molecule has 0 aliphatic heterocycles. The first-order valence-electron chi connectivity index (χ1n) is 8.03. The average molecular weight is 366 g/mol. The highest BCUT2D eigenvalue weighted by Crippen LogP contribution is 2.36. The van der Waals surface area contributed by atoms with Gasteiger partial charge in [-0.15, -0.1) is 0 Å². The second-order valence-electron chi connectivity index (χ2n) is 5.75. The van der Waals surface area contributed by atoms with Gasteiger partial charge in [0.15, 0.2) is 11.6 Å². The first-order valence-corrected chi connectivity index (χ1v) is 8.41. The molecule has 0 aliphatic carbocycles. The number of pyridine rings is 1. The van der Waals surface area contributed by atoms with Gasteiger partial charge in [0.2, 0.25) is 11.8 Å². The predicted octanol–water partition coefficient (Wildman–Crippen LogP) is 3.97. The Labute approximate surface area is 151 Å². The van der Waals surface area contributed by atoms with E-state index in [0.29, 0.717) is 12.0 Å². The molecule has 1 aromatic heterocycles. The third-order valence-corrected chi connectivity index (χ3v) is 4.00. The van der Waals surface area contributed by atoms with E-state index >= 15 is 4.39 Å². The van der Waals surface area contributed by atoms with E-state index in [2.05, 4.69) is 10.3 Å². The zero-order chi connectivity index (χ0) is 18.4. The van der Waals surface area contributed by atoms with Crippen LogP contribution in [0, 0.1) is 5.82 Å². The van der Waals surface area contributed by atoms with Crippen LogP contribution in [-0.4, -0.2) is 16.9 Å². The summed E-state index contributed by atoms with van der Waals surface area (Å²) in [4.78, 5) is 15.1. The molecule has 3 N–H and O–H groups in total. The van der Waals surface area contributed by atoms with Gasteiger partial charge in [-0.3, -0.25) is 4.79 Å². The molecule has 1 heterocycles. The highest BCUT2D eigenvalue weighted by molar-refractivity contribution is 6.32. The number of benzene rings is 1. The zero-order valence-electron chi connectivity index (χ0n) is 14.1. The number of amides is 1. The third-order valence-electron chi connectivity index (χ3n) is 3.70. The summed E-state index contributed by atoms with van der Waals surface area (Å²) in [5.74, 6) is -0.779. The van der Waals surface area contributed by atoms with E-state index in [9.17, 15) is 4.79 Å². The Hall–Kier alpha value is -2.18. The first-order chi connectivity index (χ1) is 11.9. The number of primary amides is 1. The maximum atomic E-state index is 15.0. The largest absolute Gasteiger partial charge is 0.434 e. The second kappa shape index (κ2) is 8.78. The van der Waals surface area contributed by atoms with Crippen molar-refractivity contribution >= 4 is 17.5 Å². The van der Waals surface area contributed by atoms with Crippen LogP contribution >= 0.6 is 11.6 Å². The standard InChI is InChI=1S/C18H21ClFN3O2/c1-3-14(23-11(2)10-15(21)24)12-7-8-13(19)18(17(12)20)25-16-6-4-5-9-22-16/h4-9,11,14,23H,3,10H2,1-2H3,(H2,21,24)/t11-,14-/m1/s1. The number of nitrogens with two attached hydrogens (primary N) is 1. The fraction of sp³-hybridized carbons (Fsp3) is 0.333. The smallest absolute Gasteiger partial charge is 0.219 e. The molecular formula is C18H21ClFN3O2. The van der Waals surface area contributed by atoms with Crippen LogP contribution in [0.2, 0.25) is 5.02 Å². The van der Waals surface area contributed by atoms with Gasteiger partial charge in [0.25, 0.3) is 0 Å². The molecule has 1 amide bonds. The van der Waals surface area contributed by atoms with E-state index < -0.39 is 11.7 Å². The van der Waals surface area contributed by atoms with E-state index in [4.69, 9.17) is 22.1 Å². The number of aromatic nitrogens is 1. The predicted molar refractivity (Wildman–Crippen MR) is 95.2 cm³/mol. The van der Waals surface area contributed by atoms with Gasteiger partial charge in [0.05, 0.1) is 5.02 Å². The van der Waals surface area contributed by atoms with Crippen LogP contribution in [0.3, 0.4) is 0 Å². The van der Waals surface area contributed by atoms with Crippen LogP contribution in [0.15, 0.2) is 36.5 Å². The number of carbonyl (C=O) groups excluding carboxylic acids is 1. The molecule has 0 bridgehead atoms. The molecule has 7 heteroatoms. The Bertz CT molecular complexity index is 728. The van der Waals surface area contributed by atoms with Gasteiger partial charge < -0.3 is 15.8 Å². The molecule has 0 saturated heterocycles. The molecular weight excluding hydrogens is 345 g/mol. The Morgan fingerprint density at radius 3 is 2.76 bits per heavy atom. The number of hydrogen-bond donors (Lipinski definition) is 2. The molecule has 5 nitrogen and oxygen atoms in total. The summed E-state index contributed by atoms with van der Waals surface area (Å²) in [6.07, 6.45) is 2.33. The average Bonchev–Trinajstić information content (AvgIpc) is 2.57. The summed E-state index contributed by atoms with van der Waals surface area (Å²) in [7, 11) is 0. The lowest BCUT2D eigenvalue weighted by Gasteiger charge is -2.23. The minimum absolute atomic E-state index is 0.0688. The summed E-state index contributed by atoms with van der Waals surface area (Å²) in [5, 5.41) is 3.37. The van der Waals surface area contributed by atoms with Gasteiger partial charge in [-0.2, -0.15) is 0 Å². The Morgan fingerprint density at radius 2 is 2.16 bits per heavy atom. The van der Waals surface area contributed by atoms with Crippen LogP contribution < -0.4 is 15.8 Å². The van der Waals surface area contributed by atoms with Crippen LogP contribution in [0.25, 0.3) is 0 Å². The number of rotatable bonds is 8. The van der Waals surface area contributed by atoms with Crippen molar-refractivity contribution in [3.05, 3.63) is 52.9 Å². The summed E-state index contributed by atoms with van der Waals surface area (Å²) in [6.45, 7) is 3.74. The molecule has 0 saturated carbocycles. The highest BCUT2D eigenvalue weighted by Gasteiger charge is 2.22. The van der Waals surface area contributed by atoms with Gasteiger partial charge >= 0.3 is 0 Å². The minimum atomic E-state index is -0.552. The first kappa shape index (κ1) is 19.1. The number of nitrogens with zero attached hydrogens (tertiary/aromatic N) is 1. The maximum Gasteiger partial charge on any atom is 0.219 e. The minimum Gasteiger partial charge on any atom is -0.434 e. The normalized spacial score (nSPS) is 13.3. The van der Waals surface area contributed by atoms with Crippen molar-refractivity contribution in [2.75, 3.05) is 0 Å². The number of halogens is 2. The molecule has 134 valence electrons. The summed E-state index contributed by atoms with van der Waals surface area (Å²) in [6, 6.07) is 7.80. The van der Waals surface area contributed by atoms with E-state index in [1.165, 1.54) is 0 Å². The number of nitrogens with one attached hydrogen (secondary N) is 1. The maximum absolute atomic E-state index is 15.0. The van der Waals surface area contributed by atoms with E-state index in [1.54, 1.807) is 36.5 Å². The van der Waals surface area contributed by atoms with Crippen molar-refractivity contribution in [1.29, 1.82) is 0 Å². The van der Waals surface area contributed by atoms with Crippen LogP contribution in [-0.2, 0) is 4.79 Å². The number of ether oxygens (including phenoxy) is 1. The molecule has 1 aromatic carbocycles. The molecule has 0 radical (unpaired) electrons. The Morgan fingerprint density at radius 1 is 1.40 bits per heavy atom. The molecule has 2 aromatic rings. The molecule has 25 heavy (non-hydrogen) atoms. The van der Waals surface area contributed by atoms with E-state index in [1.807, 2.05) is 13.8 Å². The lowest BCUT2D eigenvalue weighted by molar-refractivity contribution is -0.118. The van der Waals surface area contributed by atoms with Crippen LogP contribution in [0.1, 0.15) is 38.3 Å². The molecule has 0 unspecified atom stereocenters. The monoisotopic (exact) mass is 365 g/mol. The van der Waals surface area contributed by atoms with Crippen LogP contribution in [0.5, 0.6) is 11.6 Å². The zero-order valence-corrected chi connectivity index (χ0v) is 14.9. The van der Waals surface area contributed by atoms with Gasteiger partial charge in [0, 0.05) is 36.3 Å². The Balaban J connectivity index is 2.28. The fourth-order valence-electron chi connectivity index (χ4n) is 2.55. The van der Waals surface area contributed by atoms with Crippen molar-refractivity contribution < 1.29 is 13.9 Å². The lowest BCUT2D eigenvalue weighted by atomic mass is 10.0. The van der Waals surface area contributed by atoms with E-state index in [0.717, 1.165) is 0 Å². The third kappa shape index (κ3) is 5.14. The summed E-state index contributed by atoms with van der Waals surface area (Å²) in [5.41, 5.74) is 5.62. The Kier molecular flexibility index (Phi) is 6.73. The quantitative estimate of drug-likeness (QED) is 0.742. The van der Waals surface area contributed by atoms with Crippen molar-refractivity contribution in [3.8, 4) is 11.6 Å². The fourth-order valence-corrected chi connectivity index (χ4v) is 2.74. The number of carbonyl (C=O) groups is 1. The molecule has 0 spiro atoms. The highest BCUT2D eigenvalue weighted by atomic mass is 35.5. The van der Waals surface area contributed by atoms with Crippen LogP contribution in [0.4, 0.5) is 4.39 Å². The SMILES string of the molecule is CC[C@@H](N[C@H](C)CC(N)=O)c1ccc(Cl)c(Oc2ccccn2)c1F. The summed E-state index contributed by atoms with van der Waals surface area (Å²) < 4.78 is 20.5. The van der Waals surface area contributed by atoms with Crippen molar-refractivity contribution in [1.82, 2.24) is 10.3 Å². The van der Waals surface area contributed by atoms with Gasteiger partial charge in [0.1, 0.15) is 0 Å².